The van der Waals surface area contributed by atoms with Crippen molar-refractivity contribution in [2.75, 3.05) is 0 Å². The van der Waals surface area contributed by atoms with Crippen LogP contribution in [0.25, 0.3) is 32.2 Å². The second-order valence-corrected chi connectivity index (χ2v) is 4.18. The first kappa shape index (κ1) is 11.3. The Bertz CT molecular complexity index is 877. The predicted molar refractivity (Wildman–Crippen MR) is 72.8 cm³/mol. The summed E-state index contributed by atoms with van der Waals surface area (Å²) in [6.45, 7) is 0.136. The summed E-state index contributed by atoms with van der Waals surface area (Å²) in [5.74, 6) is 0. The van der Waals surface area contributed by atoms with Gasteiger partial charge in [-0.25, -0.2) is 4.79 Å². The number of benzene rings is 2. The monoisotopic (exact) mass is 251 g/mol. The van der Waals surface area contributed by atoms with E-state index in [0.29, 0.717) is 11.1 Å². The molecule has 0 bridgehead atoms. The molecule has 2 aromatic carbocycles. The number of nitrogens with zero attached hydrogens (tertiary/aromatic N) is 3. The van der Waals surface area contributed by atoms with Gasteiger partial charge in [-0.2, -0.15) is 0 Å². The van der Waals surface area contributed by atoms with E-state index in [1.54, 1.807) is 0 Å². The van der Waals surface area contributed by atoms with Gasteiger partial charge in [-0.3, -0.25) is 0 Å². The molecule has 0 radical (unpaired) electrons. The molecule has 0 fully saturated rings. The molecule has 1 heterocycles. The van der Waals surface area contributed by atoms with Crippen LogP contribution >= 0.6 is 0 Å². The Morgan fingerprint density at radius 1 is 1.16 bits per heavy atom. The number of azide groups is 1. The van der Waals surface area contributed by atoms with Crippen molar-refractivity contribution in [1.29, 1.82) is 0 Å². The normalized spacial score (nSPS) is 10.5. The minimum Gasteiger partial charge on any atom is -0.423 e. The summed E-state index contributed by atoms with van der Waals surface area (Å²) >= 11 is 0. The summed E-state index contributed by atoms with van der Waals surface area (Å²) in [5.41, 5.74) is 9.14. The molecule has 0 atom stereocenters. The number of fused-ring (bicyclic) bond motifs is 2. The highest BCUT2D eigenvalue weighted by Crippen LogP contribution is 2.24. The predicted octanol–water partition coefficient (Wildman–Crippen LogP) is 3.76. The highest BCUT2D eigenvalue weighted by Gasteiger charge is 2.06. The van der Waals surface area contributed by atoms with Crippen molar-refractivity contribution in [1.82, 2.24) is 0 Å². The van der Waals surface area contributed by atoms with Gasteiger partial charge in [0.2, 0.25) is 0 Å². The molecule has 0 aliphatic carbocycles. The van der Waals surface area contributed by atoms with Crippen LogP contribution in [0.3, 0.4) is 0 Å². The molecule has 0 amide bonds. The third kappa shape index (κ3) is 2.03. The average molecular weight is 251 g/mol. The summed E-state index contributed by atoms with van der Waals surface area (Å²) in [5, 5.41) is 6.36. The lowest BCUT2D eigenvalue weighted by Crippen LogP contribution is -2.00. The van der Waals surface area contributed by atoms with Crippen LogP contribution in [0.15, 0.2) is 56.8 Å². The third-order valence-electron chi connectivity index (χ3n) is 3.00. The molecule has 0 spiro atoms. The van der Waals surface area contributed by atoms with Crippen molar-refractivity contribution in [2.24, 2.45) is 5.11 Å². The van der Waals surface area contributed by atoms with Crippen molar-refractivity contribution >= 4 is 21.7 Å². The van der Waals surface area contributed by atoms with E-state index in [-0.39, 0.29) is 6.54 Å². The molecule has 0 aliphatic rings. The van der Waals surface area contributed by atoms with E-state index in [1.165, 1.54) is 6.07 Å². The Morgan fingerprint density at radius 3 is 2.63 bits per heavy atom. The van der Waals surface area contributed by atoms with E-state index in [1.807, 2.05) is 36.4 Å². The summed E-state index contributed by atoms with van der Waals surface area (Å²) in [6.07, 6.45) is 0. The Kier molecular flexibility index (Phi) is 2.67. The number of hydrogen-bond acceptors (Lipinski definition) is 3. The Morgan fingerprint density at radius 2 is 1.89 bits per heavy atom. The van der Waals surface area contributed by atoms with Crippen LogP contribution in [0.4, 0.5) is 0 Å². The third-order valence-corrected chi connectivity index (χ3v) is 3.00. The van der Waals surface area contributed by atoms with Crippen molar-refractivity contribution in [3.63, 3.8) is 0 Å². The van der Waals surface area contributed by atoms with Crippen molar-refractivity contribution in [3.05, 3.63) is 68.9 Å². The highest BCUT2D eigenvalue weighted by atomic mass is 16.4. The smallest absolute Gasteiger partial charge is 0.336 e. The SMILES string of the molecule is [N-]=[N+]=NCc1cc(=O)oc2cc3ccccc3cc12. The van der Waals surface area contributed by atoms with Crippen molar-refractivity contribution in [3.8, 4) is 0 Å². The summed E-state index contributed by atoms with van der Waals surface area (Å²) < 4.78 is 5.20. The van der Waals surface area contributed by atoms with E-state index in [2.05, 4.69) is 10.0 Å². The van der Waals surface area contributed by atoms with Gasteiger partial charge in [-0.15, -0.1) is 0 Å². The molecule has 3 aromatic rings. The lowest BCUT2D eigenvalue weighted by molar-refractivity contribution is 0.559. The van der Waals surface area contributed by atoms with Crippen molar-refractivity contribution < 1.29 is 4.42 Å². The molecule has 0 saturated heterocycles. The fraction of sp³-hybridized carbons (Fsp3) is 0.0714. The fourth-order valence-corrected chi connectivity index (χ4v) is 2.15. The van der Waals surface area contributed by atoms with Gasteiger partial charge in [0.05, 0.1) is 6.54 Å². The Hall–Kier alpha value is -2.78. The molecule has 0 N–H and O–H groups in total. The van der Waals surface area contributed by atoms with Gasteiger partial charge < -0.3 is 4.42 Å². The quantitative estimate of drug-likeness (QED) is 0.228. The molecule has 0 saturated carbocycles. The number of hydrogen-bond donors (Lipinski definition) is 0. The van der Waals surface area contributed by atoms with Crippen molar-refractivity contribution in [2.45, 2.75) is 6.54 Å². The van der Waals surface area contributed by atoms with Crippen LogP contribution in [0.1, 0.15) is 5.56 Å². The molecule has 3 rings (SSSR count). The van der Waals surface area contributed by atoms with E-state index >= 15 is 0 Å². The lowest BCUT2D eigenvalue weighted by Gasteiger charge is -2.04. The van der Waals surface area contributed by atoms with E-state index in [9.17, 15) is 4.79 Å². The van der Waals surface area contributed by atoms with Gasteiger partial charge in [0.25, 0.3) is 0 Å². The molecular formula is C14H9N3O2. The minimum absolute atomic E-state index is 0.136. The van der Waals surface area contributed by atoms with Crippen LogP contribution in [-0.2, 0) is 6.54 Å². The fourth-order valence-electron chi connectivity index (χ4n) is 2.15. The topological polar surface area (TPSA) is 79.0 Å². The lowest BCUT2D eigenvalue weighted by atomic mass is 10.0. The van der Waals surface area contributed by atoms with E-state index < -0.39 is 5.63 Å². The van der Waals surface area contributed by atoms with Gasteiger partial charge in [0, 0.05) is 16.4 Å². The zero-order chi connectivity index (χ0) is 13.2. The number of rotatable bonds is 2. The molecule has 5 heteroatoms. The molecular weight excluding hydrogens is 242 g/mol. The molecule has 92 valence electrons. The van der Waals surface area contributed by atoms with Crippen LogP contribution in [0.2, 0.25) is 0 Å². The van der Waals surface area contributed by atoms with Gasteiger partial charge in [0.15, 0.2) is 0 Å². The Labute approximate surface area is 107 Å². The second kappa shape index (κ2) is 4.48. The van der Waals surface area contributed by atoms with E-state index in [4.69, 9.17) is 9.95 Å². The zero-order valence-electron chi connectivity index (χ0n) is 9.91. The molecule has 0 aliphatic heterocycles. The molecule has 0 unspecified atom stereocenters. The molecule has 19 heavy (non-hydrogen) atoms. The summed E-state index contributed by atoms with van der Waals surface area (Å²) in [4.78, 5) is 14.2. The van der Waals surface area contributed by atoms with E-state index in [0.717, 1.165) is 16.2 Å². The molecule has 1 aromatic heterocycles. The highest BCUT2D eigenvalue weighted by molar-refractivity contribution is 5.96. The first-order chi connectivity index (χ1) is 9.28. The summed E-state index contributed by atoms with van der Waals surface area (Å²) in [7, 11) is 0. The largest absolute Gasteiger partial charge is 0.423 e. The first-order valence-corrected chi connectivity index (χ1v) is 5.74. The van der Waals surface area contributed by atoms with Crippen LogP contribution in [-0.4, -0.2) is 0 Å². The van der Waals surface area contributed by atoms with Crippen LogP contribution in [0.5, 0.6) is 0 Å². The Balaban J connectivity index is 2.39. The van der Waals surface area contributed by atoms with Gasteiger partial charge in [-0.05, 0) is 34.0 Å². The second-order valence-electron chi connectivity index (χ2n) is 4.18. The maximum atomic E-state index is 11.5. The average Bonchev–Trinajstić information content (AvgIpc) is 2.42. The van der Waals surface area contributed by atoms with Crippen LogP contribution in [0, 0.1) is 0 Å². The molecule has 5 nitrogen and oxygen atoms in total. The first-order valence-electron chi connectivity index (χ1n) is 5.74. The maximum Gasteiger partial charge on any atom is 0.336 e. The minimum atomic E-state index is -0.439. The van der Waals surface area contributed by atoms with Gasteiger partial charge in [0.1, 0.15) is 5.58 Å². The maximum absolute atomic E-state index is 11.5. The standard InChI is InChI=1S/C14H9N3O2/c15-17-16-8-11-7-14(18)19-13-6-10-4-2-1-3-9(10)5-12(11)13/h1-7H,8H2. The zero-order valence-corrected chi connectivity index (χ0v) is 9.91. The van der Waals surface area contributed by atoms with Gasteiger partial charge >= 0.3 is 5.63 Å². The summed E-state index contributed by atoms with van der Waals surface area (Å²) in [6, 6.07) is 12.9. The van der Waals surface area contributed by atoms with Crippen LogP contribution < -0.4 is 5.63 Å². The van der Waals surface area contributed by atoms with Gasteiger partial charge in [-0.1, -0.05) is 29.4 Å².